The highest BCUT2D eigenvalue weighted by Crippen LogP contribution is 2.20. The van der Waals surface area contributed by atoms with Crippen LogP contribution in [-0.2, 0) is 12.8 Å². The van der Waals surface area contributed by atoms with Crippen LogP contribution in [0.4, 0.5) is 0 Å². The Morgan fingerprint density at radius 3 is 2.70 bits per heavy atom. The minimum Gasteiger partial charge on any atom is -0.309 e. The summed E-state index contributed by atoms with van der Waals surface area (Å²) in [6.07, 6.45) is 5.56. The van der Waals surface area contributed by atoms with Crippen molar-refractivity contribution >= 4 is 15.9 Å². The zero-order valence-electron chi connectivity index (χ0n) is 11.9. The number of aromatic nitrogens is 2. The number of likely N-dealkylation sites (N-methyl/N-ethyl adjacent to an activating group) is 1. The molecule has 0 saturated carbocycles. The molecule has 0 aliphatic rings. The number of pyridine rings is 2. The second-order valence-electron chi connectivity index (χ2n) is 4.68. The monoisotopic (exact) mass is 333 g/mol. The van der Waals surface area contributed by atoms with Crippen LogP contribution < -0.4 is 5.32 Å². The topological polar surface area (TPSA) is 37.8 Å². The maximum atomic E-state index is 4.58. The minimum atomic E-state index is 0.213. The fourth-order valence-corrected chi connectivity index (χ4v) is 2.55. The first-order valence-electron chi connectivity index (χ1n) is 7.02. The van der Waals surface area contributed by atoms with E-state index < -0.39 is 0 Å². The highest BCUT2D eigenvalue weighted by molar-refractivity contribution is 9.10. The van der Waals surface area contributed by atoms with Crippen molar-refractivity contribution in [3.63, 3.8) is 0 Å². The van der Waals surface area contributed by atoms with E-state index in [0.29, 0.717) is 0 Å². The molecule has 1 atom stereocenters. The smallest absolute Gasteiger partial charge is 0.0608 e. The third-order valence-corrected chi connectivity index (χ3v) is 3.76. The van der Waals surface area contributed by atoms with Gasteiger partial charge in [0.2, 0.25) is 0 Å². The van der Waals surface area contributed by atoms with Crippen LogP contribution in [0.15, 0.2) is 41.1 Å². The minimum absolute atomic E-state index is 0.213. The maximum Gasteiger partial charge on any atom is 0.0608 e. The first kappa shape index (κ1) is 15.1. The molecule has 2 rings (SSSR count). The molecule has 0 saturated heterocycles. The summed E-state index contributed by atoms with van der Waals surface area (Å²) in [5.41, 5.74) is 3.52. The highest BCUT2D eigenvalue weighted by atomic mass is 79.9. The second-order valence-corrected chi connectivity index (χ2v) is 5.60. The van der Waals surface area contributed by atoms with Gasteiger partial charge in [-0.05, 0) is 52.7 Å². The van der Waals surface area contributed by atoms with Gasteiger partial charge in [0.15, 0.2) is 0 Å². The van der Waals surface area contributed by atoms with Gasteiger partial charge >= 0.3 is 0 Å². The molecule has 3 nitrogen and oxygen atoms in total. The highest BCUT2D eigenvalue weighted by Gasteiger charge is 2.16. The summed E-state index contributed by atoms with van der Waals surface area (Å²) in [6.45, 7) is 5.21. The Morgan fingerprint density at radius 2 is 2.05 bits per heavy atom. The van der Waals surface area contributed by atoms with Crippen molar-refractivity contribution in [3.05, 3.63) is 58.1 Å². The SMILES string of the molecule is CCNC(Cc1ccc(Br)cn1)c1ncccc1CC. The van der Waals surface area contributed by atoms with Crippen LogP contribution in [0.25, 0.3) is 0 Å². The summed E-state index contributed by atoms with van der Waals surface area (Å²) < 4.78 is 1.01. The molecule has 0 radical (unpaired) electrons. The molecule has 0 bridgehead atoms. The van der Waals surface area contributed by atoms with Gasteiger partial charge in [-0.3, -0.25) is 9.97 Å². The van der Waals surface area contributed by atoms with E-state index in [1.807, 2.05) is 24.5 Å². The van der Waals surface area contributed by atoms with Crippen LogP contribution in [0, 0.1) is 0 Å². The Hall–Kier alpha value is -1.26. The Morgan fingerprint density at radius 1 is 1.20 bits per heavy atom. The van der Waals surface area contributed by atoms with E-state index in [2.05, 4.69) is 57.2 Å². The molecule has 2 aromatic rings. The molecular formula is C16H20BrN3. The largest absolute Gasteiger partial charge is 0.309 e. The first-order chi connectivity index (χ1) is 9.74. The first-order valence-corrected chi connectivity index (χ1v) is 7.81. The zero-order chi connectivity index (χ0) is 14.4. The summed E-state index contributed by atoms with van der Waals surface area (Å²) in [5, 5.41) is 3.52. The standard InChI is InChI=1S/C16H20BrN3/c1-3-12-6-5-9-19-16(12)15(18-4-2)10-14-8-7-13(17)11-20-14/h5-9,11,15,18H,3-4,10H2,1-2H3. The van der Waals surface area contributed by atoms with E-state index in [0.717, 1.165) is 35.2 Å². The van der Waals surface area contributed by atoms with E-state index in [1.54, 1.807) is 0 Å². The van der Waals surface area contributed by atoms with E-state index >= 15 is 0 Å². The van der Waals surface area contributed by atoms with Crippen LogP contribution in [0.3, 0.4) is 0 Å². The fourth-order valence-electron chi connectivity index (χ4n) is 2.31. The van der Waals surface area contributed by atoms with E-state index in [9.17, 15) is 0 Å². The third kappa shape index (κ3) is 3.87. The molecule has 0 amide bonds. The van der Waals surface area contributed by atoms with Crippen molar-refractivity contribution in [2.24, 2.45) is 0 Å². The van der Waals surface area contributed by atoms with Crippen molar-refractivity contribution in [3.8, 4) is 0 Å². The van der Waals surface area contributed by atoms with Gasteiger partial charge in [0.1, 0.15) is 0 Å². The van der Waals surface area contributed by atoms with Crippen molar-refractivity contribution in [2.75, 3.05) is 6.54 Å². The van der Waals surface area contributed by atoms with Crippen LogP contribution >= 0.6 is 15.9 Å². The van der Waals surface area contributed by atoms with E-state index in [1.165, 1.54) is 5.56 Å². The quantitative estimate of drug-likeness (QED) is 0.875. The summed E-state index contributed by atoms with van der Waals surface area (Å²) in [4.78, 5) is 9.05. The fraction of sp³-hybridized carbons (Fsp3) is 0.375. The predicted molar refractivity (Wildman–Crippen MR) is 85.7 cm³/mol. The molecule has 1 N–H and O–H groups in total. The van der Waals surface area contributed by atoms with E-state index in [4.69, 9.17) is 0 Å². The summed E-state index contributed by atoms with van der Waals surface area (Å²) in [6, 6.07) is 8.46. The van der Waals surface area contributed by atoms with Gasteiger partial charge in [-0.15, -0.1) is 0 Å². The summed E-state index contributed by atoms with van der Waals surface area (Å²) in [5.74, 6) is 0. The van der Waals surface area contributed by atoms with Crippen LogP contribution in [0.1, 0.15) is 36.8 Å². The van der Waals surface area contributed by atoms with E-state index in [-0.39, 0.29) is 6.04 Å². The number of nitrogens with one attached hydrogen (secondary N) is 1. The molecule has 4 heteroatoms. The maximum absolute atomic E-state index is 4.58. The van der Waals surface area contributed by atoms with Crippen molar-refractivity contribution in [1.82, 2.24) is 15.3 Å². The number of hydrogen-bond acceptors (Lipinski definition) is 3. The summed E-state index contributed by atoms with van der Waals surface area (Å²) in [7, 11) is 0. The normalized spacial score (nSPS) is 12.3. The molecular weight excluding hydrogens is 314 g/mol. The number of rotatable bonds is 6. The Balaban J connectivity index is 2.24. The predicted octanol–water partition coefficient (Wildman–Crippen LogP) is 3.69. The third-order valence-electron chi connectivity index (χ3n) is 3.29. The zero-order valence-corrected chi connectivity index (χ0v) is 13.5. The number of hydrogen-bond donors (Lipinski definition) is 1. The molecule has 0 aromatic carbocycles. The summed E-state index contributed by atoms with van der Waals surface area (Å²) >= 11 is 3.42. The number of nitrogens with zero attached hydrogens (tertiary/aromatic N) is 2. The van der Waals surface area contributed by atoms with Gasteiger partial charge in [0.25, 0.3) is 0 Å². The molecule has 106 valence electrons. The number of aryl methyl sites for hydroxylation is 1. The molecule has 20 heavy (non-hydrogen) atoms. The Bertz CT molecular complexity index is 540. The molecule has 1 unspecified atom stereocenters. The average molecular weight is 334 g/mol. The van der Waals surface area contributed by atoms with Gasteiger partial charge in [-0.2, -0.15) is 0 Å². The molecule has 2 aromatic heterocycles. The lowest BCUT2D eigenvalue weighted by Gasteiger charge is -2.19. The van der Waals surface area contributed by atoms with Crippen LogP contribution in [0.5, 0.6) is 0 Å². The Labute approximate surface area is 129 Å². The van der Waals surface area contributed by atoms with Crippen LogP contribution in [-0.4, -0.2) is 16.5 Å². The average Bonchev–Trinajstić information content (AvgIpc) is 2.49. The van der Waals surface area contributed by atoms with Gasteiger partial charge in [-0.1, -0.05) is 19.9 Å². The molecule has 0 fully saturated rings. The lowest BCUT2D eigenvalue weighted by Crippen LogP contribution is -2.25. The van der Waals surface area contributed by atoms with Gasteiger partial charge < -0.3 is 5.32 Å². The van der Waals surface area contributed by atoms with Crippen molar-refractivity contribution in [2.45, 2.75) is 32.7 Å². The van der Waals surface area contributed by atoms with Gasteiger partial charge in [-0.25, -0.2) is 0 Å². The van der Waals surface area contributed by atoms with Gasteiger partial charge in [0, 0.05) is 29.0 Å². The Kier molecular flexibility index (Phi) is 5.68. The lowest BCUT2D eigenvalue weighted by molar-refractivity contribution is 0.527. The van der Waals surface area contributed by atoms with Gasteiger partial charge in [0.05, 0.1) is 11.7 Å². The van der Waals surface area contributed by atoms with Crippen molar-refractivity contribution in [1.29, 1.82) is 0 Å². The molecule has 2 heterocycles. The molecule has 0 aliphatic heterocycles. The number of halogens is 1. The molecule has 0 spiro atoms. The lowest BCUT2D eigenvalue weighted by atomic mass is 10.0. The van der Waals surface area contributed by atoms with Crippen LogP contribution in [0.2, 0.25) is 0 Å². The second kappa shape index (κ2) is 7.50. The van der Waals surface area contributed by atoms with Crippen molar-refractivity contribution < 1.29 is 0 Å². The molecule has 0 aliphatic carbocycles.